The molecule has 0 heterocycles. The molecule has 0 unspecified atom stereocenters. The Hall–Kier alpha value is 0.110. The van der Waals surface area contributed by atoms with Crippen LogP contribution in [0.2, 0.25) is 10.0 Å². The third-order valence-corrected chi connectivity index (χ3v) is 2.99. The zero-order valence-electron chi connectivity index (χ0n) is 7.34. The number of halogens is 2. The molecule has 1 aromatic rings. The Morgan fingerprint density at radius 1 is 1.23 bits per heavy atom. The van der Waals surface area contributed by atoms with Crippen LogP contribution in [0.3, 0.4) is 0 Å². The Morgan fingerprint density at radius 3 is 2.31 bits per heavy atom. The molecular weight excluding hydrogens is 227 g/mol. The third kappa shape index (κ3) is 3.77. The van der Waals surface area contributed by atoms with Gasteiger partial charge in [0.2, 0.25) is 0 Å². The molecule has 0 saturated carbocycles. The fourth-order valence-electron chi connectivity index (χ4n) is 0.829. The molecule has 0 aliphatic carbocycles. The molecule has 0 bridgehead atoms. The molecule has 1 N–H and O–H groups in total. The van der Waals surface area contributed by atoms with Crippen LogP contribution in [0.5, 0.6) is 0 Å². The monoisotopic (exact) mass is 236 g/mol. The standard InChI is InChI=1S/C9H10Cl2OS/c1-9(2,12)13-6-3-4-7(10)8(11)5-6/h3-5,12H,1-2H3. The summed E-state index contributed by atoms with van der Waals surface area (Å²) in [6.45, 7) is 3.44. The Labute approximate surface area is 92.1 Å². The van der Waals surface area contributed by atoms with E-state index in [1.165, 1.54) is 11.8 Å². The van der Waals surface area contributed by atoms with E-state index in [2.05, 4.69) is 0 Å². The highest BCUT2D eigenvalue weighted by Crippen LogP contribution is 2.33. The van der Waals surface area contributed by atoms with Crippen LogP contribution in [0.4, 0.5) is 0 Å². The average molecular weight is 237 g/mol. The predicted octanol–water partition coefficient (Wildman–Crippen LogP) is 3.81. The maximum atomic E-state index is 9.52. The van der Waals surface area contributed by atoms with E-state index in [0.29, 0.717) is 10.0 Å². The zero-order chi connectivity index (χ0) is 10.1. The van der Waals surface area contributed by atoms with Crippen molar-refractivity contribution in [2.75, 3.05) is 0 Å². The van der Waals surface area contributed by atoms with Crippen molar-refractivity contribution in [1.29, 1.82) is 0 Å². The highest BCUT2D eigenvalue weighted by Gasteiger charge is 2.14. The lowest BCUT2D eigenvalue weighted by molar-refractivity contribution is 0.179. The van der Waals surface area contributed by atoms with Gasteiger partial charge in [0.05, 0.1) is 10.0 Å². The van der Waals surface area contributed by atoms with Gasteiger partial charge in [-0.15, -0.1) is 0 Å². The van der Waals surface area contributed by atoms with Gasteiger partial charge in [0, 0.05) is 4.90 Å². The minimum Gasteiger partial charge on any atom is -0.380 e. The largest absolute Gasteiger partial charge is 0.380 e. The van der Waals surface area contributed by atoms with E-state index in [1.54, 1.807) is 26.0 Å². The lowest BCUT2D eigenvalue weighted by atomic mass is 10.4. The fraction of sp³-hybridized carbons (Fsp3) is 0.333. The van der Waals surface area contributed by atoms with Crippen molar-refractivity contribution in [3.63, 3.8) is 0 Å². The van der Waals surface area contributed by atoms with E-state index in [4.69, 9.17) is 23.2 Å². The minimum atomic E-state index is -0.794. The first-order valence-electron chi connectivity index (χ1n) is 3.75. The number of aliphatic hydroxyl groups is 1. The topological polar surface area (TPSA) is 20.2 Å². The van der Waals surface area contributed by atoms with Crippen LogP contribution in [0, 0.1) is 0 Å². The molecule has 0 fully saturated rings. The molecule has 0 saturated heterocycles. The summed E-state index contributed by atoms with van der Waals surface area (Å²) in [6.07, 6.45) is 0. The fourth-order valence-corrected chi connectivity index (χ4v) is 2.08. The van der Waals surface area contributed by atoms with Gasteiger partial charge in [-0.25, -0.2) is 0 Å². The van der Waals surface area contributed by atoms with Gasteiger partial charge in [-0.3, -0.25) is 0 Å². The van der Waals surface area contributed by atoms with Crippen molar-refractivity contribution < 1.29 is 5.11 Å². The molecule has 1 aromatic carbocycles. The van der Waals surface area contributed by atoms with Crippen molar-refractivity contribution >= 4 is 35.0 Å². The first-order chi connectivity index (χ1) is 5.88. The summed E-state index contributed by atoms with van der Waals surface area (Å²) < 4.78 is 0. The van der Waals surface area contributed by atoms with Gasteiger partial charge in [0.1, 0.15) is 4.93 Å². The second-order valence-electron chi connectivity index (χ2n) is 3.12. The molecule has 0 aliphatic heterocycles. The van der Waals surface area contributed by atoms with Gasteiger partial charge in [-0.2, -0.15) is 0 Å². The second kappa shape index (κ2) is 4.09. The van der Waals surface area contributed by atoms with Gasteiger partial charge >= 0.3 is 0 Å². The first-order valence-corrected chi connectivity index (χ1v) is 5.32. The normalized spacial score (nSPS) is 11.8. The van der Waals surface area contributed by atoms with Crippen molar-refractivity contribution in [3.05, 3.63) is 28.2 Å². The SMILES string of the molecule is CC(C)(O)Sc1ccc(Cl)c(Cl)c1. The summed E-state index contributed by atoms with van der Waals surface area (Å²) in [5, 5.41) is 10.6. The quantitative estimate of drug-likeness (QED) is 0.623. The van der Waals surface area contributed by atoms with Crippen molar-refractivity contribution in [2.24, 2.45) is 0 Å². The van der Waals surface area contributed by atoms with Crippen LogP contribution in [-0.2, 0) is 0 Å². The summed E-state index contributed by atoms with van der Waals surface area (Å²) in [6, 6.07) is 5.29. The number of hydrogen-bond donors (Lipinski definition) is 1. The summed E-state index contributed by atoms with van der Waals surface area (Å²) >= 11 is 12.9. The zero-order valence-corrected chi connectivity index (χ0v) is 9.67. The lowest BCUT2D eigenvalue weighted by Gasteiger charge is -2.16. The second-order valence-corrected chi connectivity index (χ2v) is 5.61. The molecule has 4 heteroatoms. The molecule has 0 radical (unpaired) electrons. The minimum absolute atomic E-state index is 0.510. The van der Waals surface area contributed by atoms with E-state index < -0.39 is 4.93 Å². The highest BCUT2D eigenvalue weighted by atomic mass is 35.5. The van der Waals surface area contributed by atoms with E-state index in [0.717, 1.165) is 4.90 Å². The number of rotatable bonds is 2. The molecule has 0 aromatic heterocycles. The van der Waals surface area contributed by atoms with Crippen LogP contribution in [0.15, 0.2) is 23.1 Å². The Kier molecular flexibility index (Phi) is 3.52. The molecule has 0 atom stereocenters. The summed E-state index contributed by atoms with van der Waals surface area (Å²) in [5.74, 6) is 0. The molecule has 1 rings (SSSR count). The first kappa shape index (κ1) is 11.2. The Balaban J connectivity index is 2.86. The molecular formula is C9H10Cl2OS. The van der Waals surface area contributed by atoms with Gasteiger partial charge < -0.3 is 5.11 Å². The van der Waals surface area contributed by atoms with Gasteiger partial charge in [0.15, 0.2) is 0 Å². The molecule has 0 aliphatic rings. The molecule has 1 nitrogen and oxygen atoms in total. The van der Waals surface area contributed by atoms with Crippen LogP contribution >= 0.6 is 35.0 Å². The number of benzene rings is 1. The van der Waals surface area contributed by atoms with Gasteiger partial charge in [-0.1, -0.05) is 35.0 Å². The molecule has 0 spiro atoms. The summed E-state index contributed by atoms with van der Waals surface area (Å²) in [4.78, 5) is 0.110. The lowest BCUT2D eigenvalue weighted by Crippen LogP contribution is -2.11. The van der Waals surface area contributed by atoms with Crippen molar-refractivity contribution in [1.82, 2.24) is 0 Å². The smallest absolute Gasteiger partial charge is 0.109 e. The molecule has 72 valence electrons. The Bertz CT molecular complexity index is 307. The predicted molar refractivity (Wildman–Crippen MR) is 58.6 cm³/mol. The highest BCUT2D eigenvalue weighted by molar-refractivity contribution is 8.00. The van der Waals surface area contributed by atoms with Crippen LogP contribution in [-0.4, -0.2) is 10.0 Å². The Morgan fingerprint density at radius 2 is 1.85 bits per heavy atom. The van der Waals surface area contributed by atoms with Crippen molar-refractivity contribution in [2.45, 2.75) is 23.7 Å². The third-order valence-electron chi connectivity index (χ3n) is 1.26. The van der Waals surface area contributed by atoms with Gasteiger partial charge in [0.25, 0.3) is 0 Å². The van der Waals surface area contributed by atoms with E-state index in [1.807, 2.05) is 6.07 Å². The van der Waals surface area contributed by atoms with Crippen LogP contribution < -0.4 is 0 Å². The van der Waals surface area contributed by atoms with E-state index in [9.17, 15) is 5.11 Å². The van der Waals surface area contributed by atoms with E-state index >= 15 is 0 Å². The van der Waals surface area contributed by atoms with Crippen molar-refractivity contribution in [3.8, 4) is 0 Å². The van der Waals surface area contributed by atoms with E-state index in [-0.39, 0.29) is 0 Å². The van der Waals surface area contributed by atoms with Crippen LogP contribution in [0.1, 0.15) is 13.8 Å². The van der Waals surface area contributed by atoms with Gasteiger partial charge in [-0.05, 0) is 32.0 Å². The summed E-state index contributed by atoms with van der Waals surface area (Å²) in [7, 11) is 0. The molecule has 13 heavy (non-hydrogen) atoms. The maximum Gasteiger partial charge on any atom is 0.109 e. The molecule has 0 amide bonds. The number of thioether (sulfide) groups is 1. The average Bonchev–Trinajstić information content (AvgIpc) is 1.94. The summed E-state index contributed by atoms with van der Waals surface area (Å²) in [5.41, 5.74) is 0. The van der Waals surface area contributed by atoms with Crippen LogP contribution in [0.25, 0.3) is 0 Å². The number of hydrogen-bond acceptors (Lipinski definition) is 2. The maximum absolute atomic E-state index is 9.52.